The molecule has 0 aliphatic rings. The maximum absolute atomic E-state index is 12.2. The lowest BCUT2D eigenvalue weighted by Crippen LogP contribution is -2.36. The standard InChI is InChI=1S/C17H24N2O6S/c1-5-10-18-16(20)13(3)25-17(21)14-6-8-15(9-7-14)26(22,23)19-12(2)11-24-4/h5-9,12-13,19H,1,10-11H2,2-4H3,(H,18,20)/t12-,13+/m1/s1. The second kappa shape index (κ2) is 10.0. The van der Waals surface area contributed by atoms with Crippen LogP contribution in [0.3, 0.4) is 0 Å². The molecule has 144 valence electrons. The summed E-state index contributed by atoms with van der Waals surface area (Å²) in [6.45, 7) is 7.08. The zero-order chi connectivity index (χ0) is 19.7. The van der Waals surface area contributed by atoms with E-state index < -0.39 is 34.0 Å². The van der Waals surface area contributed by atoms with E-state index in [9.17, 15) is 18.0 Å². The Hall–Kier alpha value is -2.23. The second-order valence-electron chi connectivity index (χ2n) is 5.58. The summed E-state index contributed by atoms with van der Waals surface area (Å²) in [5.74, 6) is -1.18. The Morgan fingerprint density at radius 2 is 1.85 bits per heavy atom. The fourth-order valence-electron chi connectivity index (χ4n) is 1.99. The van der Waals surface area contributed by atoms with Crippen molar-refractivity contribution in [3.63, 3.8) is 0 Å². The largest absolute Gasteiger partial charge is 0.449 e. The third-order valence-electron chi connectivity index (χ3n) is 3.25. The average molecular weight is 384 g/mol. The highest BCUT2D eigenvalue weighted by Gasteiger charge is 2.20. The SMILES string of the molecule is C=CCNC(=O)[C@H](C)OC(=O)c1ccc(S(=O)(=O)N[C@H](C)COC)cc1. The van der Waals surface area contributed by atoms with E-state index in [0.29, 0.717) is 0 Å². The first-order chi connectivity index (χ1) is 12.2. The predicted octanol–water partition coefficient (Wildman–Crippen LogP) is 0.847. The maximum Gasteiger partial charge on any atom is 0.338 e. The molecule has 8 nitrogen and oxygen atoms in total. The number of hydrogen-bond donors (Lipinski definition) is 2. The van der Waals surface area contributed by atoms with Gasteiger partial charge in [-0.2, -0.15) is 0 Å². The fraction of sp³-hybridized carbons (Fsp3) is 0.412. The van der Waals surface area contributed by atoms with Crippen LogP contribution in [0.2, 0.25) is 0 Å². The lowest BCUT2D eigenvalue weighted by atomic mass is 10.2. The van der Waals surface area contributed by atoms with Crippen LogP contribution in [-0.2, 0) is 24.3 Å². The monoisotopic (exact) mass is 384 g/mol. The summed E-state index contributed by atoms with van der Waals surface area (Å²) in [5.41, 5.74) is 0.136. The van der Waals surface area contributed by atoms with E-state index in [2.05, 4.69) is 16.6 Å². The van der Waals surface area contributed by atoms with Crippen molar-refractivity contribution < 1.29 is 27.5 Å². The van der Waals surface area contributed by atoms with Crippen molar-refractivity contribution >= 4 is 21.9 Å². The first-order valence-corrected chi connectivity index (χ1v) is 9.40. The first kappa shape index (κ1) is 21.8. The molecular formula is C17H24N2O6S. The summed E-state index contributed by atoms with van der Waals surface area (Å²) >= 11 is 0. The van der Waals surface area contributed by atoms with Crippen LogP contribution in [0.25, 0.3) is 0 Å². The summed E-state index contributed by atoms with van der Waals surface area (Å²) < 4.78 is 36.8. The molecule has 0 aliphatic carbocycles. The highest BCUT2D eigenvalue weighted by Crippen LogP contribution is 2.13. The maximum atomic E-state index is 12.2. The predicted molar refractivity (Wildman–Crippen MR) is 96.2 cm³/mol. The molecule has 0 saturated carbocycles. The summed E-state index contributed by atoms with van der Waals surface area (Å²) in [5, 5.41) is 2.51. The van der Waals surface area contributed by atoms with Crippen molar-refractivity contribution in [1.29, 1.82) is 0 Å². The van der Waals surface area contributed by atoms with Gasteiger partial charge in [-0.3, -0.25) is 4.79 Å². The van der Waals surface area contributed by atoms with Crippen molar-refractivity contribution in [2.24, 2.45) is 0 Å². The molecule has 1 aromatic rings. The van der Waals surface area contributed by atoms with Crippen LogP contribution in [0.5, 0.6) is 0 Å². The second-order valence-corrected chi connectivity index (χ2v) is 7.30. The normalized spacial score (nSPS) is 13.5. The Balaban J connectivity index is 2.75. The van der Waals surface area contributed by atoms with Gasteiger partial charge in [-0.1, -0.05) is 6.08 Å². The molecule has 26 heavy (non-hydrogen) atoms. The molecule has 0 aromatic heterocycles. The molecule has 0 spiro atoms. The minimum absolute atomic E-state index is 0.00813. The van der Waals surface area contributed by atoms with Crippen LogP contribution < -0.4 is 10.0 Å². The van der Waals surface area contributed by atoms with Crippen LogP contribution in [0.15, 0.2) is 41.8 Å². The topological polar surface area (TPSA) is 111 Å². The van der Waals surface area contributed by atoms with Gasteiger partial charge in [-0.15, -0.1) is 6.58 Å². The highest BCUT2D eigenvalue weighted by atomic mass is 32.2. The molecule has 0 fully saturated rings. The number of sulfonamides is 1. The third-order valence-corrected chi connectivity index (χ3v) is 4.85. The number of hydrogen-bond acceptors (Lipinski definition) is 6. The van der Waals surface area contributed by atoms with E-state index in [-0.39, 0.29) is 23.6 Å². The Morgan fingerprint density at radius 3 is 2.38 bits per heavy atom. The van der Waals surface area contributed by atoms with E-state index in [1.807, 2.05) is 0 Å². The Kier molecular flexibility index (Phi) is 8.43. The molecule has 1 amide bonds. The molecule has 0 aliphatic heterocycles. The molecule has 2 atom stereocenters. The number of ether oxygens (including phenoxy) is 2. The average Bonchev–Trinajstić information content (AvgIpc) is 2.59. The molecule has 0 bridgehead atoms. The van der Waals surface area contributed by atoms with Gasteiger partial charge in [0.2, 0.25) is 10.0 Å². The lowest BCUT2D eigenvalue weighted by Gasteiger charge is -2.14. The summed E-state index contributed by atoms with van der Waals surface area (Å²) in [6, 6.07) is 4.84. The fourth-order valence-corrected chi connectivity index (χ4v) is 3.21. The molecule has 0 unspecified atom stereocenters. The third kappa shape index (κ3) is 6.58. The van der Waals surface area contributed by atoms with Crippen LogP contribution in [0, 0.1) is 0 Å². The molecule has 0 radical (unpaired) electrons. The van der Waals surface area contributed by atoms with E-state index in [1.54, 1.807) is 6.92 Å². The Bertz CT molecular complexity index is 730. The molecule has 0 heterocycles. The number of amides is 1. The van der Waals surface area contributed by atoms with Gasteiger partial charge in [0.05, 0.1) is 17.1 Å². The minimum Gasteiger partial charge on any atom is -0.449 e. The number of benzene rings is 1. The van der Waals surface area contributed by atoms with Gasteiger partial charge >= 0.3 is 5.97 Å². The lowest BCUT2D eigenvalue weighted by molar-refractivity contribution is -0.128. The molecule has 0 saturated heterocycles. The molecule has 9 heteroatoms. The summed E-state index contributed by atoms with van der Waals surface area (Å²) in [7, 11) is -2.25. The van der Waals surface area contributed by atoms with Gasteiger partial charge in [0.1, 0.15) is 0 Å². The van der Waals surface area contributed by atoms with Gasteiger partial charge < -0.3 is 14.8 Å². The molecular weight excluding hydrogens is 360 g/mol. The Labute approximate surface area is 153 Å². The van der Waals surface area contributed by atoms with Gasteiger partial charge in [0, 0.05) is 19.7 Å². The number of carbonyl (C=O) groups is 2. The number of esters is 1. The zero-order valence-electron chi connectivity index (χ0n) is 15.0. The highest BCUT2D eigenvalue weighted by molar-refractivity contribution is 7.89. The van der Waals surface area contributed by atoms with Gasteiger partial charge in [-0.05, 0) is 38.1 Å². The van der Waals surface area contributed by atoms with Crippen LogP contribution in [0.1, 0.15) is 24.2 Å². The summed E-state index contributed by atoms with van der Waals surface area (Å²) in [4.78, 5) is 23.7. The van der Waals surface area contributed by atoms with Gasteiger partial charge in [-0.25, -0.2) is 17.9 Å². The van der Waals surface area contributed by atoms with Gasteiger partial charge in [0.15, 0.2) is 6.10 Å². The van der Waals surface area contributed by atoms with Crippen molar-refractivity contribution in [2.45, 2.75) is 30.9 Å². The van der Waals surface area contributed by atoms with Gasteiger partial charge in [0.25, 0.3) is 5.91 Å². The van der Waals surface area contributed by atoms with Crippen LogP contribution in [0.4, 0.5) is 0 Å². The van der Waals surface area contributed by atoms with E-state index >= 15 is 0 Å². The molecule has 2 N–H and O–H groups in total. The van der Waals surface area contributed by atoms with Crippen molar-refractivity contribution in [3.8, 4) is 0 Å². The van der Waals surface area contributed by atoms with E-state index in [1.165, 1.54) is 44.4 Å². The quantitative estimate of drug-likeness (QED) is 0.457. The van der Waals surface area contributed by atoms with E-state index in [0.717, 1.165) is 0 Å². The molecule has 1 aromatic carbocycles. The molecule has 1 rings (SSSR count). The zero-order valence-corrected chi connectivity index (χ0v) is 15.8. The number of rotatable bonds is 10. The van der Waals surface area contributed by atoms with Crippen molar-refractivity contribution in [3.05, 3.63) is 42.5 Å². The first-order valence-electron chi connectivity index (χ1n) is 7.92. The van der Waals surface area contributed by atoms with Crippen LogP contribution in [-0.4, -0.2) is 52.7 Å². The number of nitrogens with one attached hydrogen (secondary N) is 2. The van der Waals surface area contributed by atoms with Crippen LogP contribution >= 0.6 is 0 Å². The van der Waals surface area contributed by atoms with Crippen molar-refractivity contribution in [2.75, 3.05) is 20.3 Å². The number of carbonyl (C=O) groups excluding carboxylic acids is 2. The smallest absolute Gasteiger partial charge is 0.338 e. The Morgan fingerprint density at radius 1 is 1.23 bits per heavy atom. The summed E-state index contributed by atoms with van der Waals surface area (Å²) in [6.07, 6.45) is 0.523. The van der Waals surface area contributed by atoms with Crippen molar-refractivity contribution in [1.82, 2.24) is 10.0 Å². The number of methoxy groups -OCH3 is 1. The van der Waals surface area contributed by atoms with E-state index in [4.69, 9.17) is 9.47 Å². The minimum atomic E-state index is -3.73.